The van der Waals surface area contributed by atoms with Gasteiger partial charge in [-0.15, -0.1) is 11.3 Å². The molecule has 0 saturated heterocycles. The lowest BCUT2D eigenvalue weighted by Gasteiger charge is -2.25. The summed E-state index contributed by atoms with van der Waals surface area (Å²) in [4.78, 5) is 28.2. The van der Waals surface area contributed by atoms with E-state index in [-0.39, 0.29) is 30.6 Å². The van der Waals surface area contributed by atoms with E-state index in [2.05, 4.69) is 41.4 Å². The number of benzene rings is 1. The second-order valence-electron chi connectivity index (χ2n) is 6.71. The summed E-state index contributed by atoms with van der Waals surface area (Å²) in [6.45, 7) is 4.64. The molecular weight excluding hydrogens is 344 g/mol. The Morgan fingerprint density at radius 2 is 1.77 bits per heavy atom. The Bertz CT molecular complexity index is 735. The Morgan fingerprint density at radius 1 is 1.08 bits per heavy atom. The van der Waals surface area contributed by atoms with Crippen molar-refractivity contribution in [2.45, 2.75) is 39.2 Å². The van der Waals surface area contributed by atoms with Gasteiger partial charge in [0.2, 0.25) is 5.91 Å². The van der Waals surface area contributed by atoms with E-state index in [1.165, 1.54) is 22.5 Å². The molecule has 1 aromatic heterocycles. The first-order valence-corrected chi connectivity index (χ1v) is 9.84. The van der Waals surface area contributed by atoms with E-state index in [0.29, 0.717) is 6.54 Å². The quantitative estimate of drug-likeness (QED) is 0.677. The highest BCUT2D eigenvalue weighted by atomic mass is 32.1. The molecule has 0 aliphatic carbocycles. The van der Waals surface area contributed by atoms with E-state index >= 15 is 0 Å². The largest absolute Gasteiger partial charge is 0.354 e. The fourth-order valence-electron chi connectivity index (χ4n) is 2.81. The summed E-state index contributed by atoms with van der Waals surface area (Å²) in [7, 11) is 4.01. The lowest BCUT2D eigenvalue weighted by Crippen LogP contribution is -2.34. The molecule has 2 rings (SSSR count). The Hall–Kier alpha value is -1.98. The van der Waals surface area contributed by atoms with Crippen LogP contribution >= 0.6 is 11.3 Å². The molecule has 0 fully saturated rings. The van der Waals surface area contributed by atoms with Crippen molar-refractivity contribution in [3.8, 4) is 0 Å². The summed E-state index contributed by atoms with van der Waals surface area (Å²) in [6, 6.07) is 12.4. The molecule has 1 N–H and O–H groups in total. The molecular formula is C21H28N2O2S. The summed E-state index contributed by atoms with van der Waals surface area (Å²) in [5, 5.41) is 2.97. The fourth-order valence-corrected chi connectivity index (χ4v) is 3.64. The van der Waals surface area contributed by atoms with Crippen LogP contribution in [0.25, 0.3) is 0 Å². The van der Waals surface area contributed by atoms with Gasteiger partial charge in [0.05, 0.1) is 10.9 Å². The van der Waals surface area contributed by atoms with E-state index in [1.807, 2.05) is 33.2 Å². The topological polar surface area (TPSA) is 49.4 Å². The van der Waals surface area contributed by atoms with E-state index < -0.39 is 0 Å². The summed E-state index contributed by atoms with van der Waals surface area (Å²) >= 11 is 1.48. The van der Waals surface area contributed by atoms with Crippen LogP contribution in [0.15, 0.2) is 36.4 Å². The van der Waals surface area contributed by atoms with E-state index in [4.69, 9.17) is 0 Å². The van der Waals surface area contributed by atoms with Crippen LogP contribution in [-0.2, 0) is 11.2 Å². The minimum atomic E-state index is -0.0799. The van der Waals surface area contributed by atoms with Crippen molar-refractivity contribution >= 4 is 23.0 Å². The lowest BCUT2D eigenvalue weighted by atomic mass is 10.0. The van der Waals surface area contributed by atoms with Gasteiger partial charge in [0.1, 0.15) is 0 Å². The van der Waals surface area contributed by atoms with Crippen molar-refractivity contribution in [2.24, 2.45) is 0 Å². The van der Waals surface area contributed by atoms with Gasteiger partial charge >= 0.3 is 0 Å². The summed E-state index contributed by atoms with van der Waals surface area (Å²) < 4.78 is 0. The molecule has 0 aliphatic rings. The van der Waals surface area contributed by atoms with Gasteiger partial charge in [0.15, 0.2) is 5.78 Å². The average molecular weight is 373 g/mol. The van der Waals surface area contributed by atoms with Crippen LogP contribution in [-0.4, -0.2) is 37.2 Å². The number of hydrogen-bond acceptors (Lipinski definition) is 4. The number of Topliss-reactive ketones (excluding diaryl/α,β-unsaturated/α-hetero) is 1. The number of nitrogens with zero attached hydrogens (tertiary/aromatic N) is 1. The minimum Gasteiger partial charge on any atom is -0.354 e. The predicted octanol–water partition coefficient (Wildman–Crippen LogP) is 4.00. The number of ketones is 1. The SMILES string of the molecule is CCc1ccc([C@H](CNC(=O)CCC(=O)c2ccc(C)s2)N(C)C)cc1. The second kappa shape index (κ2) is 9.64. The third-order valence-electron chi connectivity index (χ3n) is 4.48. The molecule has 1 heterocycles. The maximum absolute atomic E-state index is 12.2. The van der Waals surface area contributed by atoms with Crippen molar-refractivity contribution in [1.29, 1.82) is 0 Å². The number of nitrogens with one attached hydrogen (secondary N) is 1. The molecule has 0 aliphatic heterocycles. The normalized spacial score (nSPS) is 12.2. The molecule has 2 aromatic rings. The van der Waals surface area contributed by atoms with Crippen LogP contribution in [0.3, 0.4) is 0 Å². The monoisotopic (exact) mass is 372 g/mol. The van der Waals surface area contributed by atoms with Gasteiger partial charge in [-0.1, -0.05) is 31.2 Å². The van der Waals surface area contributed by atoms with Crippen molar-refractivity contribution < 1.29 is 9.59 Å². The zero-order chi connectivity index (χ0) is 19.1. The van der Waals surface area contributed by atoms with Gasteiger partial charge in [0, 0.05) is 24.3 Å². The zero-order valence-corrected chi connectivity index (χ0v) is 16.9. The average Bonchev–Trinajstić information content (AvgIpc) is 3.06. The molecule has 0 bridgehead atoms. The number of amides is 1. The van der Waals surface area contributed by atoms with Crippen molar-refractivity contribution in [3.63, 3.8) is 0 Å². The first kappa shape index (κ1) is 20.3. The number of likely N-dealkylation sites (N-methyl/N-ethyl adjacent to an activating group) is 1. The van der Waals surface area contributed by atoms with E-state index in [1.54, 1.807) is 0 Å². The van der Waals surface area contributed by atoms with Crippen LogP contribution < -0.4 is 5.32 Å². The third-order valence-corrected chi connectivity index (χ3v) is 5.52. The highest BCUT2D eigenvalue weighted by Crippen LogP contribution is 2.19. The number of carbonyl (C=O) groups excluding carboxylic acids is 2. The van der Waals surface area contributed by atoms with Crippen molar-refractivity contribution in [1.82, 2.24) is 10.2 Å². The number of thiophene rings is 1. The Morgan fingerprint density at radius 3 is 2.31 bits per heavy atom. The van der Waals surface area contributed by atoms with E-state index in [0.717, 1.165) is 16.2 Å². The van der Waals surface area contributed by atoms with Gasteiger partial charge in [-0.05, 0) is 50.7 Å². The Kier molecular flexibility index (Phi) is 7.54. The predicted molar refractivity (Wildman–Crippen MR) is 108 cm³/mol. The van der Waals surface area contributed by atoms with E-state index in [9.17, 15) is 9.59 Å². The smallest absolute Gasteiger partial charge is 0.220 e. The molecule has 0 radical (unpaired) electrons. The maximum Gasteiger partial charge on any atom is 0.220 e. The molecule has 0 spiro atoms. The van der Waals surface area contributed by atoms with Crippen LogP contribution in [0.1, 0.15) is 51.5 Å². The molecule has 5 heteroatoms. The molecule has 140 valence electrons. The molecule has 1 aromatic carbocycles. The van der Waals surface area contributed by atoms with Crippen LogP contribution in [0.2, 0.25) is 0 Å². The van der Waals surface area contributed by atoms with Crippen molar-refractivity contribution in [3.05, 3.63) is 57.3 Å². The zero-order valence-electron chi connectivity index (χ0n) is 16.0. The standard InChI is InChI=1S/C21H28N2O2S/c1-5-16-7-9-17(10-8-16)18(23(3)4)14-22-21(25)13-11-19(24)20-12-6-15(2)26-20/h6-10,12,18H,5,11,13-14H2,1-4H3,(H,22,25)/t18-/m0/s1. The number of hydrogen-bond donors (Lipinski definition) is 1. The van der Waals surface area contributed by atoms with Crippen LogP contribution in [0.4, 0.5) is 0 Å². The van der Waals surface area contributed by atoms with Gasteiger partial charge in [-0.2, -0.15) is 0 Å². The summed E-state index contributed by atoms with van der Waals surface area (Å²) in [5.74, 6) is -0.0405. The van der Waals surface area contributed by atoms with Crippen LogP contribution in [0.5, 0.6) is 0 Å². The van der Waals surface area contributed by atoms with Gasteiger partial charge < -0.3 is 10.2 Å². The Labute approximate surface area is 160 Å². The second-order valence-corrected chi connectivity index (χ2v) is 8.00. The number of carbonyl (C=O) groups is 2. The molecule has 26 heavy (non-hydrogen) atoms. The molecule has 1 amide bonds. The van der Waals surface area contributed by atoms with Gasteiger partial charge in [-0.3, -0.25) is 9.59 Å². The van der Waals surface area contributed by atoms with Gasteiger partial charge in [0.25, 0.3) is 0 Å². The van der Waals surface area contributed by atoms with Crippen LogP contribution in [0, 0.1) is 6.92 Å². The molecule has 1 atom stereocenters. The first-order chi connectivity index (χ1) is 12.4. The summed E-state index contributed by atoms with van der Waals surface area (Å²) in [6.07, 6.45) is 1.50. The molecule has 4 nitrogen and oxygen atoms in total. The van der Waals surface area contributed by atoms with Gasteiger partial charge in [-0.25, -0.2) is 0 Å². The maximum atomic E-state index is 12.2. The lowest BCUT2D eigenvalue weighted by molar-refractivity contribution is -0.121. The molecule has 0 unspecified atom stereocenters. The summed E-state index contributed by atoms with van der Waals surface area (Å²) in [5.41, 5.74) is 2.48. The van der Waals surface area contributed by atoms with Crippen molar-refractivity contribution in [2.75, 3.05) is 20.6 Å². The number of aryl methyl sites for hydroxylation is 2. The Balaban J connectivity index is 1.85. The number of rotatable bonds is 9. The fraction of sp³-hybridized carbons (Fsp3) is 0.429. The highest BCUT2D eigenvalue weighted by Gasteiger charge is 2.16. The third kappa shape index (κ3) is 5.78. The highest BCUT2D eigenvalue weighted by molar-refractivity contribution is 7.14. The first-order valence-electron chi connectivity index (χ1n) is 9.02. The minimum absolute atomic E-state index is 0.0394. The molecule has 0 saturated carbocycles.